The molecule has 1 heterocycles. The molecular formula is C20H33N3O4. The van der Waals surface area contributed by atoms with Crippen LogP contribution in [0.25, 0.3) is 0 Å². The molecule has 7 nitrogen and oxygen atoms in total. The summed E-state index contributed by atoms with van der Waals surface area (Å²) in [6.07, 6.45) is 2.61. The van der Waals surface area contributed by atoms with Crippen LogP contribution in [0, 0.1) is 5.41 Å². The number of aliphatic imine (C=N–C) groups is 1. The number of nitrogens with one attached hydrogen (secondary N) is 2. The van der Waals surface area contributed by atoms with Crippen molar-refractivity contribution in [2.45, 2.75) is 25.9 Å². The van der Waals surface area contributed by atoms with E-state index in [1.54, 1.807) is 14.2 Å². The molecule has 0 radical (unpaired) electrons. The first kappa shape index (κ1) is 21.5. The smallest absolute Gasteiger partial charge is 0.190 e. The summed E-state index contributed by atoms with van der Waals surface area (Å²) in [6, 6.07) is 7.90. The van der Waals surface area contributed by atoms with Gasteiger partial charge in [-0.1, -0.05) is 12.1 Å². The summed E-state index contributed by atoms with van der Waals surface area (Å²) in [6.45, 7) is 4.45. The van der Waals surface area contributed by atoms with Crippen LogP contribution < -0.4 is 15.4 Å². The van der Waals surface area contributed by atoms with Crippen LogP contribution in [0.5, 0.6) is 5.75 Å². The Morgan fingerprint density at radius 2 is 2.11 bits per heavy atom. The number of guanidine groups is 1. The Morgan fingerprint density at radius 3 is 2.74 bits per heavy atom. The van der Waals surface area contributed by atoms with Crippen molar-refractivity contribution >= 4 is 5.96 Å². The SMILES string of the molecule is CN=C(NCCCOCc1ccc(OC)cc1)NCC1(CCO)CCOC1. The zero-order chi connectivity index (χ0) is 19.4. The monoisotopic (exact) mass is 379 g/mol. The Balaban J connectivity index is 1.59. The van der Waals surface area contributed by atoms with Crippen molar-refractivity contribution in [3.05, 3.63) is 29.8 Å². The summed E-state index contributed by atoms with van der Waals surface area (Å²) in [7, 11) is 3.43. The molecule has 0 aliphatic carbocycles. The van der Waals surface area contributed by atoms with Gasteiger partial charge in [-0.05, 0) is 37.0 Å². The molecule has 1 fully saturated rings. The van der Waals surface area contributed by atoms with Gasteiger partial charge in [0.25, 0.3) is 0 Å². The van der Waals surface area contributed by atoms with E-state index in [4.69, 9.17) is 14.2 Å². The molecule has 152 valence electrons. The fraction of sp³-hybridized carbons (Fsp3) is 0.650. The normalized spacial score (nSPS) is 19.9. The second kappa shape index (κ2) is 11.8. The Kier molecular flexibility index (Phi) is 9.38. The Bertz CT molecular complexity index is 557. The van der Waals surface area contributed by atoms with Gasteiger partial charge in [-0.25, -0.2) is 0 Å². The number of benzene rings is 1. The summed E-state index contributed by atoms with van der Waals surface area (Å²) < 4.78 is 16.4. The number of hydrogen-bond donors (Lipinski definition) is 3. The Morgan fingerprint density at radius 1 is 1.30 bits per heavy atom. The standard InChI is InChI=1S/C20H33N3O4/c1-21-19(23-15-20(8-11-24)9-13-27-16-20)22-10-3-12-26-14-17-4-6-18(25-2)7-5-17/h4-7,24H,3,8-16H2,1-2H3,(H2,21,22,23). The van der Waals surface area contributed by atoms with Gasteiger partial charge in [-0.3, -0.25) is 4.99 Å². The van der Waals surface area contributed by atoms with Crippen molar-refractivity contribution in [3.8, 4) is 5.75 Å². The molecule has 1 aliphatic rings. The van der Waals surface area contributed by atoms with Crippen LogP contribution in [0.2, 0.25) is 0 Å². The lowest BCUT2D eigenvalue weighted by atomic mass is 9.84. The van der Waals surface area contributed by atoms with Crippen molar-refractivity contribution in [2.24, 2.45) is 10.4 Å². The second-order valence-corrected chi connectivity index (χ2v) is 6.88. The van der Waals surface area contributed by atoms with Crippen molar-refractivity contribution in [1.82, 2.24) is 10.6 Å². The van der Waals surface area contributed by atoms with E-state index >= 15 is 0 Å². The largest absolute Gasteiger partial charge is 0.497 e. The van der Waals surface area contributed by atoms with Gasteiger partial charge in [0.1, 0.15) is 5.75 Å². The van der Waals surface area contributed by atoms with Gasteiger partial charge < -0.3 is 30.0 Å². The fourth-order valence-electron chi connectivity index (χ4n) is 3.10. The zero-order valence-corrected chi connectivity index (χ0v) is 16.5. The summed E-state index contributed by atoms with van der Waals surface area (Å²) in [5.41, 5.74) is 1.14. The summed E-state index contributed by atoms with van der Waals surface area (Å²) in [4.78, 5) is 4.26. The molecule has 1 aromatic rings. The highest BCUT2D eigenvalue weighted by atomic mass is 16.5. The topological polar surface area (TPSA) is 84.3 Å². The predicted octanol–water partition coefficient (Wildman–Crippen LogP) is 1.56. The van der Waals surface area contributed by atoms with Gasteiger partial charge in [-0.2, -0.15) is 0 Å². The summed E-state index contributed by atoms with van der Waals surface area (Å²) >= 11 is 0. The maximum atomic E-state index is 9.30. The van der Waals surface area contributed by atoms with Crippen LogP contribution in [0.15, 0.2) is 29.3 Å². The van der Waals surface area contributed by atoms with Crippen LogP contribution >= 0.6 is 0 Å². The maximum Gasteiger partial charge on any atom is 0.190 e. The van der Waals surface area contributed by atoms with Gasteiger partial charge >= 0.3 is 0 Å². The van der Waals surface area contributed by atoms with Crippen molar-refractivity contribution in [2.75, 3.05) is 53.7 Å². The predicted molar refractivity (Wildman–Crippen MR) is 106 cm³/mol. The molecule has 0 saturated carbocycles. The number of aliphatic hydroxyl groups excluding tert-OH is 1. The minimum atomic E-state index is 0.00778. The number of rotatable bonds is 11. The van der Waals surface area contributed by atoms with Crippen LogP contribution in [0.1, 0.15) is 24.8 Å². The van der Waals surface area contributed by atoms with Crippen LogP contribution in [0.4, 0.5) is 0 Å². The molecule has 1 atom stereocenters. The van der Waals surface area contributed by atoms with E-state index in [1.165, 1.54) is 0 Å². The Hall–Kier alpha value is -1.83. The van der Waals surface area contributed by atoms with Crippen molar-refractivity contribution < 1.29 is 19.3 Å². The summed E-state index contributed by atoms with van der Waals surface area (Å²) in [5.74, 6) is 1.63. The minimum Gasteiger partial charge on any atom is -0.497 e. The quantitative estimate of drug-likeness (QED) is 0.307. The zero-order valence-electron chi connectivity index (χ0n) is 16.5. The fourth-order valence-corrected chi connectivity index (χ4v) is 3.10. The molecule has 27 heavy (non-hydrogen) atoms. The third-order valence-electron chi connectivity index (χ3n) is 4.87. The van der Waals surface area contributed by atoms with Crippen molar-refractivity contribution in [3.63, 3.8) is 0 Å². The molecule has 0 spiro atoms. The molecule has 2 rings (SSSR count). The lowest BCUT2D eigenvalue weighted by Gasteiger charge is -2.27. The first-order valence-corrected chi connectivity index (χ1v) is 9.55. The van der Waals surface area contributed by atoms with Gasteiger partial charge in [0.2, 0.25) is 0 Å². The average molecular weight is 380 g/mol. The summed E-state index contributed by atoms with van der Waals surface area (Å²) in [5, 5.41) is 16.0. The van der Waals surface area contributed by atoms with Crippen LogP contribution in [-0.2, 0) is 16.1 Å². The highest BCUT2D eigenvalue weighted by Gasteiger charge is 2.34. The second-order valence-electron chi connectivity index (χ2n) is 6.88. The molecule has 1 aliphatic heterocycles. The lowest BCUT2D eigenvalue weighted by Crippen LogP contribution is -2.44. The van der Waals surface area contributed by atoms with E-state index in [1.807, 2.05) is 24.3 Å². The molecular weight excluding hydrogens is 346 g/mol. The molecule has 0 bridgehead atoms. The van der Waals surface area contributed by atoms with Crippen molar-refractivity contribution in [1.29, 1.82) is 0 Å². The lowest BCUT2D eigenvalue weighted by molar-refractivity contribution is 0.119. The van der Waals surface area contributed by atoms with Crippen LogP contribution in [0.3, 0.4) is 0 Å². The first-order chi connectivity index (χ1) is 13.2. The third kappa shape index (κ3) is 7.36. The highest BCUT2D eigenvalue weighted by molar-refractivity contribution is 5.79. The van der Waals surface area contributed by atoms with E-state index in [9.17, 15) is 5.11 Å². The Labute approximate surface area is 162 Å². The first-order valence-electron chi connectivity index (χ1n) is 9.55. The van der Waals surface area contributed by atoms with Crippen LogP contribution in [-0.4, -0.2) is 64.7 Å². The molecule has 3 N–H and O–H groups in total. The highest BCUT2D eigenvalue weighted by Crippen LogP contribution is 2.31. The maximum absolute atomic E-state index is 9.30. The van der Waals surface area contributed by atoms with Gasteiger partial charge in [-0.15, -0.1) is 0 Å². The van der Waals surface area contributed by atoms with E-state index in [2.05, 4.69) is 15.6 Å². The number of hydrogen-bond acceptors (Lipinski definition) is 5. The number of aliphatic hydroxyl groups is 1. The van der Waals surface area contributed by atoms with E-state index < -0.39 is 0 Å². The molecule has 1 aromatic carbocycles. The average Bonchev–Trinajstić information content (AvgIpc) is 3.16. The molecule has 1 saturated heterocycles. The molecule has 1 unspecified atom stereocenters. The minimum absolute atomic E-state index is 0.00778. The number of nitrogens with zero attached hydrogens (tertiary/aromatic N) is 1. The number of ether oxygens (including phenoxy) is 3. The molecule has 7 heteroatoms. The van der Waals surface area contributed by atoms with Gasteiger partial charge in [0.05, 0.1) is 20.3 Å². The van der Waals surface area contributed by atoms with Gasteiger partial charge in [0.15, 0.2) is 5.96 Å². The van der Waals surface area contributed by atoms with E-state index in [0.29, 0.717) is 19.8 Å². The third-order valence-corrected chi connectivity index (χ3v) is 4.87. The van der Waals surface area contributed by atoms with E-state index in [0.717, 1.165) is 56.2 Å². The molecule has 0 aromatic heterocycles. The molecule has 0 amide bonds. The van der Waals surface area contributed by atoms with Gasteiger partial charge in [0, 0.05) is 45.4 Å². The van der Waals surface area contributed by atoms with E-state index in [-0.39, 0.29) is 12.0 Å². The number of methoxy groups -OCH3 is 1.